The third-order valence-corrected chi connectivity index (χ3v) is 1.97. The average molecular weight is 222 g/mol. The van der Waals surface area contributed by atoms with Gasteiger partial charge in [-0.25, -0.2) is 19.3 Å². The molecule has 2 aromatic heterocycles. The van der Waals surface area contributed by atoms with Gasteiger partial charge in [0, 0.05) is 6.42 Å². The van der Waals surface area contributed by atoms with E-state index < -0.39 is 5.82 Å². The molecule has 0 saturated carbocycles. The molecule has 0 saturated heterocycles. The first-order valence-corrected chi connectivity index (χ1v) is 4.93. The lowest BCUT2D eigenvalue weighted by atomic mass is 10.4. The van der Waals surface area contributed by atoms with Gasteiger partial charge in [-0.15, -0.1) is 0 Å². The largest absolute Gasteiger partial charge is 0.444 e. The molecule has 1 N–H and O–H groups in total. The number of hydrogen-bond donors (Lipinski definition) is 1. The van der Waals surface area contributed by atoms with Crippen LogP contribution in [0.25, 0.3) is 0 Å². The standard InChI is InChI=1S/C10H11FN4O/c1-2-8-5-12-9(16-8)6-15-10-13-3-7(11)4-14-10/h3-5H,2,6H2,1H3,(H,13,14,15). The van der Waals surface area contributed by atoms with E-state index in [1.54, 1.807) is 6.20 Å². The van der Waals surface area contributed by atoms with Gasteiger partial charge in [0.05, 0.1) is 25.1 Å². The van der Waals surface area contributed by atoms with E-state index in [1.807, 2.05) is 6.92 Å². The van der Waals surface area contributed by atoms with Crippen molar-refractivity contribution in [2.75, 3.05) is 5.32 Å². The summed E-state index contributed by atoms with van der Waals surface area (Å²) in [4.78, 5) is 11.6. The summed E-state index contributed by atoms with van der Waals surface area (Å²) < 4.78 is 17.9. The molecule has 0 aromatic carbocycles. The number of aryl methyl sites for hydroxylation is 1. The van der Waals surface area contributed by atoms with Crippen molar-refractivity contribution in [3.05, 3.63) is 36.1 Å². The van der Waals surface area contributed by atoms with Crippen molar-refractivity contribution in [3.8, 4) is 0 Å². The third-order valence-electron chi connectivity index (χ3n) is 1.97. The second kappa shape index (κ2) is 4.69. The number of oxazole rings is 1. The van der Waals surface area contributed by atoms with Crippen LogP contribution in [0.1, 0.15) is 18.6 Å². The van der Waals surface area contributed by atoms with Gasteiger partial charge >= 0.3 is 0 Å². The highest BCUT2D eigenvalue weighted by atomic mass is 19.1. The first kappa shape index (κ1) is 10.5. The minimum Gasteiger partial charge on any atom is -0.444 e. The van der Waals surface area contributed by atoms with Crippen LogP contribution in [0.2, 0.25) is 0 Å². The first-order chi connectivity index (χ1) is 7.78. The molecule has 6 heteroatoms. The van der Waals surface area contributed by atoms with Crippen molar-refractivity contribution in [2.45, 2.75) is 19.9 Å². The number of anilines is 1. The van der Waals surface area contributed by atoms with Gasteiger partial charge in [-0.3, -0.25) is 0 Å². The first-order valence-electron chi connectivity index (χ1n) is 4.93. The summed E-state index contributed by atoms with van der Waals surface area (Å²) in [6.45, 7) is 2.37. The highest BCUT2D eigenvalue weighted by Crippen LogP contribution is 2.06. The van der Waals surface area contributed by atoms with Gasteiger partial charge < -0.3 is 9.73 Å². The Balaban J connectivity index is 1.94. The molecule has 84 valence electrons. The predicted octanol–water partition coefficient (Wildman–Crippen LogP) is 1.78. The highest BCUT2D eigenvalue weighted by molar-refractivity contribution is 5.22. The Morgan fingerprint density at radius 3 is 2.62 bits per heavy atom. The molecule has 0 radical (unpaired) electrons. The molecular weight excluding hydrogens is 211 g/mol. The molecule has 0 amide bonds. The molecule has 0 unspecified atom stereocenters. The monoisotopic (exact) mass is 222 g/mol. The van der Waals surface area contributed by atoms with Crippen LogP contribution in [0, 0.1) is 5.82 Å². The van der Waals surface area contributed by atoms with Crippen molar-refractivity contribution < 1.29 is 8.81 Å². The van der Waals surface area contributed by atoms with Crippen molar-refractivity contribution >= 4 is 5.95 Å². The molecule has 2 rings (SSSR count). The SMILES string of the molecule is CCc1cnc(CNc2ncc(F)cn2)o1. The van der Waals surface area contributed by atoms with Crippen molar-refractivity contribution in [2.24, 2.45) is 0 Å². The highest BCUT2D eigenvalue weighted by Gasteiger charge is 2.03. The van der Waals surface area contributed by atoms with E-state index in [0.29, 0.717) is 18.4 Å². The molecule has 16 heavy (non-hydrogen) atoms. The average Bonchev–Trinajstić information content (AvgIpc) is 2.76. The van der Waals surface area contributed by atoms with Gasteiger partial charge in [0.1, 0.15) is 5.76 Å². The van der Waals surface area contributed by atoms with Gasteiger partial charge in [-0.2, -0.15) is 0 Å². The van der Waals surface area contributed by atoms with Gasteiger partial charge in [-0.1, -0.05) is 6.92 Å². The van der Waals surface area contributed by atoms with E-state index in [4.69, 9.17) is 4.42 Å². The van der Waals surface area contributed by atoms with Gasteiger partial charge in [-0.05, 0) is 0 Å². The van der Waals surface area contributed by atoms with E-state index in [0.717, 1.165) is 24.6 Å². The Kier molecular flexibility index (Phi) is 3.09. The van der Waals surface area contributed by atoms with Crippen molar-refractivity contribution in [3.63, 3.8) is 0 Å². The van der Waals surface area contributed by atoms with Crippen LogP contribution >= 0.6 is 0 Å². The molecule has 2 aromatic rings. The maximum atomic E-state index is 12.5. The van der Waals surface area contributed by atoms with E-state index in [9.17, 15) is 4.39 Å². The van der Waals surface area contributed by atoms with Crippen LogP contribution in [0.4, 0.5) is 10.3 Å². The maximum Gasteiger partial charge on any atom is 0.223 e. The Labute approximate surface area is 91.8 Å². The zero-order valence-electron chi connectivity index (χ0n) is 8.77. The molecule has 0 fully saturated rings. The Morgan fingerprint density at radius 1 is 1.25 bits per heavy atom. The molecule has 0 aliphatic carbocycles. The summed E-state index contributed by atoms with van der Waals surface area (Å²) in [5.41, 5.74) is 0. The van der Waals surface area contributed by atoms with Gasteiger partial charge in [0.2, 0.25) is 11.8 Å². The van der Waals surface area contributed by atoms with E-state index >= 15 is 0 Å². The summed E-state index contributed by atoms with van der Waals surface area (Å²) in [7, 11) is 0. The number of halogens is 1. The van der Waals surface area contributed by atoms with Crippen LogP contribution in [0.5, 0.6) is 0 Å². The van der Waals surface area contributed by atoms with Crippen molar-refractivity contribution in [1.82, 2.24) is 15.0 Å². The van der Waals surface area contributed by atoms with E-state index in [2.05, 4.69) is 20.3 Å². The van der Waals surface area contributed by atoms with Crippen LogP contribution in [-0.4, -0.2) is 15.0 Å². The number of hydrogen-bond acceptors (Lipinski definition) is 5. The Bertz CT molecular complexity index is 454. The van der Waals surface area contributed by atoms with Crippen LogP contribution in [0.3, 0.4) is 0 Å². The second-order valence-corrected chi connectivity index (χ2v) is 3.15. The molecular formula is C10H11FN4O. The lowest BCUT2D eigenvalue weighted by Crippen LogP contribution is -2.03. The fraction of sp³-hybridized carbons (Fsp3) is 0.300. The van der Waals surface area contributed by atoms with E-state index in [-0.39, 0.29) is 0 Å². The lowest BCUT2D eigenvalue weighted by Gasteiger charge is -2.00. The van der Waals surface area contributed by atoms with Crippen molar-refractivity contribution in [1.29, 1.82) is 0 Å². The minimum absolute atomic E-state index is 0.345. The molecule has 0 atom stereocenters. The smallest absolute Gasteiger partial charge is 0.223 e. The summed E-state index contributed by atoms with van der Waals surface area (Å²) in [6, 6.07) is 0. The molecule has 5 nitrogen and oxygen atoms in total. The second-order valence-electron chi connectivity index (χ2n) is 3.15. The van der Waals surface area contributed by atoms with Crippen LogP contribution in [-0.2, 0) is 13.0 Å². The molecule has 0 aliphatic rings. The van der Waals surface area contributed by atoms with Gasteiger partial charge in [0.25, 0.3) is 0 Å². The maximum absolute atomic E-state index is 12.5. The molecule has 0 spiro atoms. The third kappa shape index (κ3) is 2.53. The summed E-state index contributed by atoms with van der Waals surface area (Å²) >= 11 is 0. The lowest BCUT2D eigenvalue weighted by molar-refractivity contribution is 0.465. The van der Waals surface area contributed by atoms with Crippen LogP contribution in [0.15, 0.2) is 23.0 Å². The summed E-state index contributed by atoms with van der Waals surface area (Å²) in [5, 5.41) is 2.88. The number of nitrogens with one attached hydrogen (secondary N) is 1. The Morgan fingerprint density at radius 2 is 2.00 bits per heavy atom. The zero-order chi connectivity index (χ0) is 11.4. The minimum atomic E-state index is -0.463. The number of rotatable bonds is 4. The molecule has 2 heterocycles. The number of aromatic nitrogens is 3. The fourth-order valence-corrected chi connectivity index (χ4v) is 1.15. The zero-order valence-corrected chi connectivity index (χ0v) is 8.77. The fourth-order valence-electron chi connectivity index (χ4n) is 1.15. The predicted molar refractivity (Wildman–Crippen MR) is 55.2 cm³/mol. The summed E-state index contributed by atoms with van der Waals surface area (Å²) in [6.07, 6.45) is 4.69. The molecule has 0 bridgehead atoms. The quantitative estimate of drug-likeness (QED) is 0.854. The van der Waals surface area contributed by atoms with E-state index in [1.165, 1.54) is 0 Å². The Hall–Kier alpha value is -1.98. The normalized spacial score (nSPS) is 10.4. The molecule has 0 aliphatic heterocycles. The summed E-state index contributed by atoms with van der Waals surface area (Å²) in [5.74, 6) is 1.27. The van der Waals surface area contributed by atoms with Gasteiger partial charge in [0.15, 0.2) is 5.82 Å². The number of nitrogens with zero attached hydrogens (tertiary/aromatic N) is 3. The van der Waals surface area contributed by atoms with Crippen LogP contribution < -0.4 is 5.32 Å². The topological polar surface area (TPSA) is 63.8 Å².